The Bertz CT molecular complexity index is 517. The summed E-state index contributed by atoms with van der Waals surface area (Å²) in [4.78, 5) is 27.7. The number of hydrogen-bond acceptors (Lipinski definition) is 6. The number of aromatic nitrogens is 2. The van der Waals surface area contributed by atoms with E-state index >= 15 is 0 Å². The van der Waals surface area contributed by atoms with Gasteiger partial charge in [-0.15, -0.1) is 0 Å². The van der Waals surface area contributed by atoms with E-state index in [4.69, 9.17) is 4.74 Å². The average Bonchev–Trinajstić information content (AvgIpc) is 2.64. The van der Waals surface area contributed by atoms with Gasteiger partial charge < -0.3 is 14.5 Å². The fourth-order valence-corrected chi connectivity index (χ4v) is 3.40. The van der Waals surface area contributed by atoms with Crippen LogP contribution in [0.4, 0.5) is 5.95 Å². The van der Waals surface area contributed by atoms with Crippen molar-refractivity contribution < 1.29 is 9.53 Å². The van der Waals surface area contributed by atoms with Gasteiger partial charge in [-0.25, -0.2) is 9.97 Å². The molecule has 7 heteroatoms. The smallest absolute Gasteiger partial charge is 0.237 e. The van der Waals surface area contributed by atoms with Gasteiger partial charge in [-0.1, -0.05) is 13.3 Å². The van der Waals surface area contributed by atoms with Crippen LogP contribution in [-0.4, -0.2) is 84.2 Å². The van der Waals surface area contributed by atoms with Crippen LogP contribution >= 0.6 is 0 Å². The molecule has 1 aromatic heterocycles. The zero-order valence-corrected chi connectivity index (χ0v) is 14.4. The zero-order chi connectivity index (χ0) is 16.8. The number of rotatable bonds is 5. The zero-order valence-electron chi connectivity index (χ0n) is 14.4. The summed E-state index contributed by atoms with van der Waals surface area (Å²) in [6.45, 7) is 8.17. The molecule has 0 N–H and O–H groups in total. The Morgan fingerprint density at radius 3 is 2.67 bits per heavy atom. The molecule has 132 valence electrons. The van der Waals surface area contributed by atoms with Gasteiger partial charge in [0.05, 0.1) is 25.8 Å². The summed E-state index contributed by atoms with van der Waals surface area (Å²) in [6, 6.07) is 2.07. The molecule has 0 saturated carbocycles. The fourth-order valence-electron chi connectivity index (χ4n) is 3.40. The van der Waals surface area contributed by atoms with Gasteiger partial charge in [0.25, 0.3) is 0 Å². The third-order valence-electron chi connectivity index (χ3n) is 4.74. The summed E-state index contributed by atoms with van der Waals surface area (Å²) in [7, 11) is 0. The van der Waals surface area contributed by atoms with Crippen LogP contribution in [0.5, 0.6) is 0 Å². The Hall–Kier alpha value is -1.73. The van der Waals surface area contributed by atoms with E-state index in [1.807, 2.05) is 11.0 Å². The predicted octanol–water partition coefficient (Wildman–Crippen LogP) is 0.626. The van der Waals surface area contributed by atoms with Gasteiger partial charge in [-0.05, 0) is 12.5 Å². The fraction of sp³-hybridized carbons (Fsp3) is 0.706. The molecule has 1 aromatic rings. The van der Waals surface area contributed by atoms with Gasteiger partial charge in [0.2, 0.25) is 11.9 Å². The molecule has 1 atom stereocenters. The summed E-state index contributed by atoms with van der Waals surface area (Å²) < 4.78 is 5.54. The number of anilines is 1. The summed E-state index contributed by atoms with van der Waals surface area (Å²) in [5.41, 5.74) is 0. The van der Waals surface area contributed by atoms with Crippen molar-refractivity contribution in [3.8, 4) is 0 Å². The quantitative estimate of drug-likeness (QED) is 0.787. The van der Waals surface area contributed by atoms with Crippen molar-refractivity contribution in [3.63, 3.8) is 0 Å². The second-order valence-corrected chi connectivity index (χ2v) is 6.42. The Kier molecular flexibility index (Phi) is 5.98. The van der Waals surface area contributed by atoms with E-state index < -0.39 is 0 Å². The topological polar surface area (TPSA) is 61.8 Å². The van der Waals surface area contributed by atoms with Crippen LogP contribution in [0.3, 0.4) is 0 Å². The van der Waals surface area contributed by atoms with Crippen molar-refractivity contribution in [2.45, 2.75) is 25.8 Å². The molecular formula is C17H27N5O2. The van der Waals surface area contributed by atoms with Crippen molar-refractivity contribution >= 4 is 11.9 Å². The number of nitrogens with zero attached hydrogens (tertiary/aromatic N) is 5. The lowest BCUT2D eigenvalue weighted by Crippen LogP contribution is -2.54. The second kappa shape index (κ2) is 8.39. The van der Waals surface area contributed by atoms with Gasteiger partial charge in [-0.2, -0.15) is 0 Å². The summed E-state index contributed by atoms with van der Waals surface area (Å²) in [5.74, 6) is 1.01. The first kappa shape index (κ1) is 17.1. The molecule has 0 radical (unpaired) electrons. The van der Waals surface area contributed by atoms with E-state index in [1.54, 1.807) is 12.4 Å². The number of hydrogen-bond donors (Lipinski definition) is 0. The first-order valence-corrected chi connectivity index (χ1v) is 8.89. The van der Waals surface area contributed by atoms with Gasteiger partial charge in [0.15, 0.2) is 0 Å². The van der Waals surface area contributed by atoms with E-state index in [1.165, 1.54) is 0 Å². The molecule has 2 aliphatic heterocycles. The minimum Gasteiger partial charge on any atom is -0.377 e. The monoisotopic (exact) mass is 333 g/mol. The normalized spacial score (nSPS) is 22.6. The molecular weight excluding hydrogens is 306 g/mol. The van der Waals surface area contributed by atoms with Gasteiger partial charge in [0, 0.05) is 45.1 Å². The SMILES string of the molecule is CCC[C@H]1COCCN1C(=O)CN1CCN(c2ncccn2)CC1. The van der Waals surface area contributed by atoms with E-state index in [9.17, 15) is 4.79 Å². The maximum Gasteiger partial charge on any atom is 0.237 e. The minimum absolute atomic E-state index is 0.237. The van der Waals surface area contributed by atoms with Crippen molar-refractivity contribution in [2.75, 3.05) is 57.4 Å². The number of ether oxygens (including phenoxy) is 1. The Morgan fingerprint density at radius 2 is 1.96 bits per heavy atom. The average molecular weight is 333 g/mol. The van der Waals surface area contributed by atoms with Crippen LogP contribution in [0.15, 0.2) is 18.5 Å². The minimum atomic E-state index is 0.237. The number of carbonyl (C=O) groups excluding carboxylic acids is 1. The summed E-state index contributed by atoms with van der Waals surface area (Å²) >= 11 is 0. The lowest BCUT2D eigenvalue weighted by atomic mass is 10.1. The van der Waals surface area contributed by atoms with Crippen LogP contribution in [0.2, 0.25) is 0 Å². The molecule has 3 rings (SSSR count). The highest BCUT2D eigenvalue weighted by atomic mass is 16.5. The van der Waals surface area contributed by atoms with Crippen molar-refractivity contribution in [1.29, 1.82) is 0 Å². The standard InChI is InChI=1S/C17H27N5O2/c1-2-4-15-14-24-12-11-22(15)16(23)13-20-7-9-21(10-8-20)17-18-5-3-6-19-17/h3,5-6,15H,2,4,7-14H2,1H3/t15-/m0/s1. The third kappa shape index (κ3) is 4.21. The van der Waals surface area contributed by atoms with Crippen LogP contribution in [0, 0.1) is 0 Å². The summed E-state index contributed by atoms with van der Waals surface area (Å²) in [6.07, 6.45) is 5.63. The van der Waals surface area contributed by atoms with Gasteiger partial charge >= 0.3 is 0 Å². The second-order valence-electron chi connectivity index (χ2n) is 6.42. The molecule has 3 heterocycles. The molecule has 7 nitrogen and oxygen atoms in total. The van der Waals surface area contributed by atoms with Crippen molar-refractivity contribution in [2.24, 2.45) is 0 Å². The lowest BCUT2D eigenvalue weighted by Gasteiger charge is -2.39. The van der Waals surface area contributed by atoms with Gasteiger partial charge in [0.1, 0.15) is 0 Å². The lowest BCUT2D eigenvalue weighted by molar-refractivity contribution is -0.141. The van der Waals surface area contributed by atoms with Crippen molar-refractivity contribution in [1.82, 2.24) is 19.8 Å². The van der Waals surface area contributed by atoms with E-state index in [0.29, 0.717) is 19.8 Å². The third-order valence-corrected chi connectivity index (χ3v) is 4.74. The molecule has 0 unspecified atom stereocenters. The molecule has 2 fully saturated rings. The van der Waals surface area contributed by atoms with Crippen LogP contribution in [0.1, 0.15) is 19.8 Å². The highest BCUT2D eigenvalue weighted by Crippen LogP contribution is 2.14. The highest BCUT2D eigenvalue weighted by molar-refractivity contribution is 5.78. The Balaban J connectivity index is 1.49. The van der Waals surface area contributed by atoms with Crippen LogP contribution in [0.25, 0.3) is 0 Å². The highest BCUT2D eigenvalue weighted by Gasteiger charge is 2.28. The molecule has 24 heavy (non-hydrogen) atoms. The Morgan fingerprint density at radius 1 is 1.21 bits per heavy atom. The molecule has 2 aliphatic rings. The molecule has 0 aromatic carbocycles. The molecule has 2 saturated heterocycles. The molecule has 1 amide bonds. The predicted molar refractivity (Wildman–Crippen MR) is 91.9 cm³/mol. The number of amides is 1. The van der Waals surface area contributed by atoms with Gasteiger partial charge in [-0.3, -0.25) is 9.69 Å². The maximum absolute atomic E-state index is 12.7. The largest absolute Gasteiger partial charge is 0.377 e. The van der Waals surface area contributed by atoms with Crippen molar-refractivity contribution in [3.05, 3.63) is 18.5 Å². The van der Waals surface area contributed by atoms with Crippen LogP contribution in [-0.2, 0) is 9.53 Å². The molecule has 0 spiro atoms. The van der Waals surface area contributed by atoms with E-state index in [-0.39, 0.29) is 11.9 Å². The number of piperazine rings is 1. The maximum atomic E-state index is 12.7. The van der Waals surface area contributed by atoms with E-state index in [2.05, 4.69) is 26.7 Å². The molecule has 0 aliphatic carbocycles. The molecule has 0 bridgehead atoms. The van der Waals surface area contributed by atoms with E-state index in [0.717, 1.165) is 51.5 Å². The first-order chi connectivity index (χ1) is 11.8. The summed E-state index contributed by atoms with van der Waals surface area (Å²) in [5, 5.41) is 0. The van der Waals surface area contributed by atoms with Crippen LogP contribution < -0.4 is 4.90 Å². The first-order valence-electron chi connectivity index (χ1n) is 8.89. The number of carbonyl (C=O) groups is 1. The number of morpholine rings is 1. The Labute approximate surface area is 143 Å².